The molecule has 1 aromatic rings. The summed E-state index contributed by atoms with van der Waals surface area (Å²) in [5, 5.41) is 6.01. The molecule has 0 radical (unpaired) electrons. The van der Waals surface area contributed by atoms with Gasteiger partial charge in [-0.2, -0.15) is 0 Å². The average molecular weight is 429 g/mol. The zero-order chi connectivity index (χ0) is 22.1. The maximum absolute atomic E-state index is 12.9. The number of methoxy groups -OCH3 is 1. The van der Waals surface area contributed by atoms with Crippen LogP contribution in [0.25, 0.3) is 0 Å². The van der Waals surface area contributed by atoms with Crippen LogP contribution in [-0.2, 0) is 11.3 Å². The highest BCUT2D eigenvalue weighted by Crippen LogP contribution is 2.62. The lowest BCUT2D eigenvalue weighted by Crippen LogP contribution is -2.51. The Morgan fingerprint density at radius 3 is 2.65 bits per heavy atom. The highest BCUT2D eigenvalue weighted by Gasteiger charge is 2.63. The standard InChI is InChI=1S/C24H36N4O3/c1-4-27-16-20-23(8-9-24(20,17-27)21(29)25-2)10-12-28(13-11-23)22(30)26-15-18-6-5-7-19(14-18)31-3/h5-7,14,20H,4,8-13,15-17H2,1-3H3,(H,25,29)(H,26,30)/t20-,24+/m1/s1. The Labute approximate surface area is 185 Å². The van der Waals surface area contributed by atoms with E-state index in [0.29, 0.717) is 12.5 Å². The number of hydrogen-bond acceptors (Lipinski definition) is 4. The Morgan fingerprint density at radius 1 is 1.19 bits per heavy atom. The number of piperidine rings is 1. The van der Waals surface area contributed by atoms with Gasteiger partial charge in [0.1, 0.15) is 5.75 Å². The average Bonchev–Trinajstić information content (AvgIpc) is 3.34. The summed E-state index contributed by atoms with van der Waals surface area (Å²) >= 11 is 0. The number of fused-ring (bicyclic) bond motifs is 2. The number of nitrogens with one attached hydrogen (secondary N) is 2. The van der Waals surface area contributed by atoms with Crippen molar-refractivity contribution in [2.45, 2.75) is 39.2 Å². The number of likely N-dealkylation sites (tertiary alicyclic amines) is 2. The number of rotatable bonds is 5. The van der Waals surface area contributed by atoms with Crippen LogP contribution in [0.5, 0.6) is 5.75 Å². The zero-order valence-corrected chi connectivity index (χ0v) is 19.1. The Morgan fingerprint density at radius 2 is 1.97 bits per heavy atom. The van der Waals surface area contributed by atoms with E-state index in [1.165, 1.54) is 0 Å². The van der Waals surface area contributed by atoms with Crippen molar-refractivity contribution in [2.24, 2.45) is 16.7 Å². The second kappa shape index (κ2) is 8.69. The van der Waals surface area contributed by atoms with E-state index in [0.717, 1.165) is 69.7 Å². The van der Waals surface area contributed by atoms with Crippen LogP contribution in [0.2, 0.25) is 0 Å². The van der Waals surface area contributed by atoms with E-state index < -0.39 is 0 Å². The molecule has 0 aromatic heterocycles. The smallest absolute Gasteiger partial charge is 0.317 e. The SMILES string of the molecule is CCN1C[C@@H]2C3(CCN(C(=O)NCc4cccc(OC)c4)CC3)CC[C@]2(C(=O)NC)C1. The third-order valence-electron chi connectivity index (χ3n) is 8.17. The molecule has 2 atom stereocenters. The Hall–Kier alpha value is -2.28. The molecule has 0 bridgehead atoms. The Kier molecular flexibility index (Phi) is 6.15. The highest BCUT2D eigenvalue weighted by molar-refractivity contribution is 5.84. The van der Waals surface area contributed by atoms with Crippen molar-refractivity contribution in [1.29, 1.82) is 0 Å². The van der Waals surface area contributed by atoms with Gasteiger partial charge in [0, 0.05) is 39.8 Å². The fraction of sp³-hybridized carbons (Fsp3) is 0.667. The van der Waals surface area contributed by atoms with Crippen molar-refractivity contribution in [3.8, 4) is 5.75 Å². The molecule has 2 aliphatic heterocycles. The first-order chi connectivity index (χ1) is 15.0. The van der Waals surface area contributed by atoms with Gasteiger partial charge in [0.2, 0.25) is 5.91 Å². The predicted octanol–water partition coefficient (Wildman–Crippen LogP) is 2.46. The summed E-state index contributed by atoms with van der Waals surface area (Å²) in [6, 6.07) is 7.77. The second-order valence-corrected chi connectivity index (χ2v) is 9.48. The van der Waals surface area contributed by atoms with E-state index in [4.69, 9.17) is 4.74 Å². The number of nitrogens with zero attached hydrogens (tertiary/aromatic N) is 2. The normalized spacial score (nSPS) is 27.2. The lowest BCUT2D eigenvalue weighted by molar-refractivity contribution is -0.132. The quantitative estimate of drug-likeness (QED) is 0.756. The van der Waals surface area contributed by atoms with Crippen LogP contribution < -0.4 is 15.4 Å². The zero-order valence-electron chi connectivity index (χ0n) is 19.1. The monoisotopic (exact) mass is 428 g/mol. The number of hydrogen-bond donors (Lipinski definition) is 2. The molecule has 0 unspecified atom stereocenters. The van der Waals surface area contributed by atoms with E-state index in [-0.39, 0.29) is 22.8 Å². The molecule has 1 aliphatic carbocycles. The number of ether oxygens (including phenoxy) is 1. The molecule has 170 valence electrons. The summed E-state index contributed by atoms with van der Waals surface area (Å²) in [6.45, 7) is 7.06. The summed E-state index contributed by atoms with van der Waals surface area (Å²) in [5.41, 5.74) is 0.958. The second-order valence-electron chi connectivity index (χ2n) is 9.48. The molecule has 3 amide bonds. The minimum absolute atomic E-state index is 0.00478. The van der Waals surface area contributed by atoms with Gasteiger partial charge in [0.25, 0.3) is 0 Å². The first-order valence-corrected chi connectivity index (χ1v) is 11.6. The number of urea groups is 1. The van der Waals surface area contributed by atoms with E-state index in [1.807, 2.05) is 29.2 Å². The van der Waals surface area contributed by atoms with Crippen molar-refractivity contribution < 1.29 is 14.3 Å². The first kappa shape index (κ1) is 21.9. The Bertz CT molecular complexity index is 821. The summed E-state index contributed by atoms with van der Waals surface area (Å²) in [4.78, 5) is 30.1. The van der Waals surface area contributed by atoms with Crippen molar-refractivity contribution in [2.75, 3.05) is 46.9 Å². The van der Waals surface area contributed by atoms with Crippen LogP contribution in [0.15, 0.2) is 24.3 Å². The predicted molar refractivity (Wildman–Crippen MR) is 120 cm³/mol. The van der Waals surface area contributed by atoms with Gasteiger partial charge in [-0.1, -0.05) is 19.1 Å². The third-order valence-corrected chi connectivity index (χ3v) is 8.17. The molecule has 7 heteroatoms. The molecule has 1 saturated carbocycles. The van der Waals surface area contributed by atoms with E-state index in [9.17, 15) is 9.59 Å². The van der Waals surface area contributed by atoms with E-state index in [2.05, 4.69) is 22.5 Å². The summed E-state index contributed by atoms with van der Waals surface area (Å²) in [6.07, 6.45) is 4.04. The maximum Gasteiger partial charge on any atom is 0.317 e. The fourth-order valence-electron chi connectivity index (χ4n) is 6.34. The van der Waals surface area contributed by atoms with Crippen molar-refractivity contribution in [3.05, 3.63) is 29.8 Å². The molecule has 1 aromatic carbocycles. The van der Waals surface area contributed by atoms with Gasteiger partial charge in [0.05, 0.1) is 12.5 Å². The van der Waals surface area contributed by atoms with Gasteiger partial charge in [0.15, 0.2) is 0 Å². The van der Waals surface area contributed by atoms with Crippen molar-refractivity contribution >= 4 is 11.9 Å². The molecule has 1 spiro atoms. The molecule has 7 nitrogen and oxygen atoms in total. The highest BCUT2D eigenvalue weighted by atomic mass is 16.5. The molecule has 3 fully saturated rings. The van der Waals surface area contributed by atoms with Gasteiger partial charge in [-0.15, -0.1) is 0 Å². The maximum atomic E-state index is 12.9. The van der Waals surface area contributed by atoms with Crippen LogP contribution in [-0.4, -0.2) is 68.6 Å². The van der Waals surface area contributed by atoms with E-state index >= 15 is 0 Å². The lowest BCUT2D eigenvalue weighted by atomic mass is 9.65. The van der Waals surface area contributed by atoms with Gasteiger partial charge in [-0.05, 0) is 61.3 Å². The van der Waals surface area contributed by atoms with Gasteiger partial charge < -0.3 is 25.2 Å². The molecular formula is C24H36N4O3. The minimum Gasteiger partial charge on any atom is -0.497 e. The molecule has 2 heterocycles. The lowest BCUT2D eigenvalue weighted by Gasteiger charge is -2.44. The van der Waals surface area contributed by atoms with Gasteiger partial charge in [-0.25, -0.2) is 4.79 Å². The molecule has 3 aliphatic rings. The number of benzene rings is 1. The van der Waals surface area contributed by atoms with Crippen molar-refractivity contribution in [1.82, 2.24) is 20.4 Å². The summed E-state index contributed by atoms with van der Waals surface area (Å²) < 4.78 is 5.26. The van der Waals surface area contributed by atoms with Crippen LogP contribution in [0.1, 0.15) is 38.2 Å². The first-order valence-electron chi connectivity index (χ1n) is 11.6. The molecular weight excluding hydrogens is 392 g/mol. The topological polar surface area (TPSA) is 73.9 Å². The van der Waals surface area contributed by atoms with Crippen LogP contribution >= 0.6 is 0 Å². The number of carbonyl (C=O) groups is 2. The van der Waals surface area contributed by atoms with Gasteiger partial charge in [-0.3, -0.25) is 4.79 Å². The summed E-state index contributed by atoms with van der Waals surface area (Å²) in [5.74, 6) is 1.40. The fourth-order valence-corrected chi connectivity index (χ4v) is 6.34. The molecule has 2 saturated heterocycles. The third kappa shape index (κ3) is 3.88. The molecule has 4 rings (SSSR count). The largest absolute Gasteiger partial charge is 0.497 e. The van der Waals surface area contributed by atoms with Crippen LogP contribution in [0.3, 0.4) is 0 Å². The Balaban J connectivity index is 1.37. The van der Waals surface area contributed by atoms with Crippen LogP contribution in [0.4, 0.5) is 4.79 Å². The van der Waals surface area contributed by atoms with E-state index in [1.54, 1.807) is 14.2 Å². The number of carbonyl (C=O) groups excluding carboxylic acids is 2. The minimum atomic E-state index is -0.248. The number of amides is 3. The van der Waals surface area contributed by atoms with Crippen LogP contribution in [0, 0.1) is 16.7 Å². The summed E-state index contributed by atoms with van der Waals surface area (Å²) in [7, 11) is 3.41. The molecule has 2 N–H and O–H groups in total. The van der Waals surface area contributed by atoms with Crippen molar-refractivity contribution in [3.63, 3.8) is 0 Å². The van der Waals surface area contributed by atoms with Gasteiger partial charge >= 0.3 is 6.03 Å². The molecule has 31 heavy (non-hydrogen) atoms.